The second-order valence-electron chi connectivity index (χ2n) is 12.9. The van der Waals surface area contributed by atoms with Crippen molar-refractivity contribution in [3.63, 3.8) is 0 Å². The molecule has 0 atom stereocenters. The molecule has 2 heterocycles. The molecule has 0 radical (unpaired) electrons. The summed E-state index contributed by atoms with van der Waals surface area (Å²) in [6.45, 7) is 0. The Morgan fingerprint density at radius 3 is 1.82 bits per heavy atom. The minimum Gasteiger partial charge on any atom is -0.309 e. The van der Waals surface area contributed by atoms with Gasteiger partial charge in [-0.25, -0.2) is 0 Å². The number of hydrogen-bond acceptors (Lipinski definition) is 2. The summed E-state index contributed by atoms with van der Waals surface area (Å²) in [4.78, 5) is 3.70. The van der Waals surface area contributed by atoms with Crippen LogP contribution in [0.1, 0.15) is 0 Å². The van der Waals surface area contributed by atoms with Gasteiger partial charge in [0.25, 0.3) is 0 Å². The van der Waals surface area contributed by atoms with Gasteiger partial charge in [-0.05, 0) is 58.5 Å². The maximum Gasteiger partial charge on any atom is 0.109 e. The zero-order chi connectivity index (χ0) is 33.7. The van der Waals surface area contributed by atoms with Crippen LogP contribution in [0.3, 0.4) is 0 Å². The van der Waals surface area contributed by atoms with E-state index in [2.05, 4.69) is 203 Å². The number of rotatable bonds is 6. The van der Waals surface area contributed by atoms with E-state index in [0.29, 0.717) is 0 Å². The quantitative estimate of drug-likeness (QED) is 0.171. The van der Waals surface area contributed by atoms with Crippen LogP contribution in [-0.4, -0.2) is 4.40 Å². The summed E-state index contributed by atoms with van der Waals surface area (Å²) < 4.78 is 3.77. The van der Waals surface area contributed by atoms with E-state index in [1.807, 2.05) is 11.3 Å². The number of anilines is 3. The molecule has 0 saturated heterocycles. The van der Waals surface area contributed by atoms with Crippen molar-refractivity contribution in [2.45, 2.75) is 0 Å². The van der Waals surface area contributed by atoms with Crippen LogP contribution in [0, 0.1) is 0 Å². The Morgan fingerprint density at radius 2 is 1.00 bits per heavy atom. The van der Waals surface area contributed by atoms with Crippen molar-refractivity contribution in [2.24, 2.45) is 0 Å². The average Bonchev–Trinajstić information content (AvgIpc) is 3.74. The molecule has 0 fully saturated rings. The van der Waals surface area contributed by atoms with E-state index >= 15 is 0 Å². The highest BCUT2D eigenvalue weighted by Crippen LogP contribution is 2.46. The van der Waals surface area contributed by atoms with Crippen LogP contribution in [0.2, 0.25) is 0 Å². The van der Waals surface area contributed by atoms with E-state index in [-0.39, 0.29) is 0 Å². The van der Waals surface area contributed by atoms with E-state index in [9.17, 15) is 0 Å². The Bertz CT molecular complexity index is 2840. The number of hydrogen-bond donors (Lipinski definition) is 0. The van der Waals surface area contributed by atoms with E-state index in [4.69, 9.17) is 0 Å². The van der Waals surface area contributed by atoms with Gasteiger partial charge in [0.15, 0.2) is 0 Å². The largest absolute Gasteiger partial charge is 0.309 e. The monoisotopic (exact) mass is 668 g/mol. The molecule has 51 heavy (non-hydrogen) atoms. The minimum atomic E-state index is 1.11. The average molecular weight is 669 g/mol. The lowest BCUT2D eigenvalue weighted by atomic mass is 9.99. The normalized spacial score (nSPS) is 11.5. The third-order valence-electron chi connectivity index (χ3n) is 10.00. The smallest absolute Gasteiger partial charge is 0.109 e. The lowest BCUT2D eigenvalue weighted by molar-refractivity contribution is 1.30. The van der Waals surface area contributed by atoms with E-state index < -0.39 is 0 Å². The number of benzene rings is 8. The van der Waals surface area contributed by atoms with Gasteiger partial charge in [-0.3, -0.25) is 4.40 Å². The first-order valence-electron chi connectivity index (χ1n) is 17.4. The molecule has 0 unspecified atom stereocenters. The molecule has 0 N–H and O–H groups in total. The van der Waals surface area contributed by atoms with Gasteiger partial charge in [-0.15, -0.1) is 11.3 Å². The number of para-hydroxylation sites is 3. The van der Waals surface area contributed by atoms with Gasteiger partial charge in [0, 0.05) is 33.2 Å². The van der Waals surface area contributed by atoms with Crippen LogP contribution < -0.4 is 4.90 Å². The Balaban J connectivity index is 1.17. The molecular formula is C48H32N2S. The van der Waals surface area contributed by atoms with Crippen molar-refractivity contribution >= 4 is 65.1 Å². The van der Waals surface area contributed by atoms with Gasteiger partial charge in [0.05, 0.1) is 27.1 Å². The molecule has 0 amide bonds. The second-order valence-corrected chi connectivity index (χ2v) is 13.9. The van der Waals surface area contributed by atoms with Gasteiger partial charge in [0.1, 0.15) is 4.83 Å². The Morgan fingerprint density at radius 1 is 0.412 bits per heavy atom. The first-order valence-corrected chi connectivity index (χ1v) is 18.2. The first-order chi connectivity index (χ1) is 25.3. The lowest BCUT2D eigenvalue weighted by Crippen LogP contribution is -2.11. The number of nitrogens with zero attached hydrogens (tertiary/aromatic N) is 2. The van der Waals surface area contributed by atoms with Crippen LogP contribution >= 0.6 is 11.3 Å². The molecule has 0 aliphatic rings. The zero-order valence-electron chi connectivity index (χ0n) is 27.8. The van der Waals surface area contributed by atoms with Crippen molar-refractivity contribution in [3.8, 4) is 33.4 Å². The summed E-state index contributed by atoms with van der Waals surface area (Å²) in [5, 5.41) is 3.71. The molecule has 8 aromatic carbocycles. The third kappa shape index (κ3) is 4.85. The van der Waals surface area contributed by atoms with Crippen LogP contribution in [0.4, 0.5) is 17.1 Å². The highest BCUT2D eigenvalue weighted by Gasteiger charge is 2.22. The van der Waals surface area contributed by atoms with Crippen LogP contribution in [0.25, 0.3) is 70.1 Å². The molecule has 2 aromatic heterocycles. The fraction of sp³-hybridized carbons (Fsp3) is 0. The van der Waals surface area contributed by atoms with E-state index in [1.54, 1.807) is 0 Å². The Hall–Kier alpha value is -6.42. The van der Waals surface area contributed by atoms with Crippen molar-refractivity contribution in [1.29, 1.82) is 0 Å². The topological polar surface area (TPSA) is 7.65 Å². The van der Waals surface area contributed by atoms with Crippen LogP contribution in [-0.2, 0) is 0 Å². The molecule has 3 heteroatoms. The van der Waals surface area contributed by atoms with Gasteiger partial charge in [-0.2, -0.15) is 0 Å². The lowest BCUT2D eigenvalue weighted by Gasteiger charge is -2.29. The molecule has 0 bridgehead atoms. The van der Waals surface area contributed by atoms with Crippen molar-refractivity contribution in [3.05, 3.63) is 194 Å². The summed E-state index contributed by atoms with van der Waals surface area (Å²) in [7, 11) is 0. The van der Waals surface area contributed by atoms with Crippen molar-refractivity contribution < 1.29 is 0 Å². The fourth-order valence-corrected chi connectivity index (χ4v) is 8.99. The Labute approximate surface area is 300 Å². The maximum absolute atomic E-state index is 2.49. The molecule has 2 nitrogen and oxygen atoms in total. The maximum atomic E-state index is 2.49. The minimum absolute atomic E-state index is 1.11. The SMILES string of the molecule is c1ccc(-c2ccccc2N(c2ccc(-c3cccc4sc5c(-c6ccccc6)c6ccccc6n5c34)cc2)c2cccc3ccccc23)cc1. The molecule has 0 spiro atoms. The predicted octanol–water partition coefficient (Wildman–Crippen LogP) is 13.9. The predicted molar refractivity (Wildman–Crippen MR) is 219 cm³/mol. The van der Waals surface area contributed by atoms with Crippen molar-refractivity contribution in [1.82, 2.24) is 4.40 Å². The number of aromatic nitrogens is 1. The first kappa shape index (κ1) is 29.5. The van der Waals surface area contributed by atoms with Gasteiger partial charge in [0.2, 0.25) is 0 Å². The summed E-state index contributed by atoms with van der Waals surface area (Å²) in [6, 6.07) is 70.2. The fourth-order valence-electron chi connectivity index (χ4n) is 7.72. The van der Waals surface area contributed by atoms with Gasteiger partial charge < -0.3 is 4.90 Å². The third-order valence-corrected chi connectivity index (χ3v) is 11.1. The van der Waals surface area contributed by atoms with Crippen LogP contribution in [0.15, 0.2) is 194 Å². The summed E-state index contributed by atoms with van der Waals surface area (Å²) in [5.74, 6) is 0. The number of thiazole rings is 1. The molecule has 10 aromatic rings. The summed E-state index contributed by atoms with van der Waals surface area (Å²) in [6.07, 6.45) is 0. The second kappa shape index (κ2) is 12.2. The van der Waals surface area contributed by atoms with Gasteiger partial charge >= 0.3 is 0 Å². The molecule has 0 saturated carbocycles. The summed E-state index contributed by atoms with van der Waals surface area (Å²) >= 11 is 1.88. The molecule has 240 valence electrons. The molecule has 0 aliphatic carbocycles. The molecular weight excluding hydrogens is 637 g/mol. The van der Waals surface area contributed by atoms with Crippen molar-refractivity contribution in [2.75, 3.05) is 4.90 Å². The van der Waals surface area contributed by atoms with Crippen LogP contribution in [0.5, 0.6) is 0 Å². The van der Waals surface area contributed by atoms with Gasteiger partial charge in [-0.1, -0.05) is 158 Å². The highest BCUT2D eigenvalue weighted by molar-refractivity contribution is 7.24. The zero-order valence-corrected chi connectivity index (χ0v) is 28.6. The number of fused-ring (bicyclic) bond motifs is 6. The Kier molecular flexibility index (Phi) is 7.04. The molecule has 0 aliphatic heterocycles. The highest BCUT2D eigenvalue weighted by atomic mass is 32.1. The summed E-state index contributed by atoms with van der Waals surface area (Å²) in [5.41, 5.74) is 13.2. The standard InChI is InChI=1S/C48H32N2S/c1-3-15-33(16-4-1)38-22-9-11-25-42(38)49(43-27-13-20-34-17-7-8-21-39(34)43)37-31-29-35(30-32-37)40-24-14-28-45-47(40)50-44-26-12-10-23-41(44)46(48(50)51-45)36-18-5-2-6-19-36/h1-32H. The van der Waals surface area contributed by atoms with E-state index in [1.165, 1.54) is 70.1 Å². The molecule has 10 rings (SSSR count). The van der Waals surface area contributed by atoms with E-state index in [0.717, 1.165) is 17.1 Å².